The number of hydrogen-bond donors (Lipinski definition) is 2. The molecule has 0 spiro atoms. The average molecular weight is 497 g/mol. The second-order valence-electron chi connectivity index (χ2n) is 10.3. The van der Waals surface area contributed by atoms with E-state index in [9.17, 15) is 4.79 Å². The largest absolute Gasteiger partial charge is 0.381 e. The monoisotopic (exact) mass is 496 g/mol. The Bertz CT molecular complexity index is 1490. The maximum Gasteiger partial charge on any atom is 0.254 e. The van der Waals surface area contributed by atoms with E-state index in [0.29, 0.717) is 18.0 Å². The normalized spacial score (nSPS) is 15.8. The Balaban J connectivity index is 1.37. The molecule has 2 N–H and O–H groups in total. The number of imidazole rings is 1. The molecule has 0 atom stereocenters. The van der Waals surface area contributed by atoms with Gasteiger partial charge in [-0.1, -0.05) is 12.1 Å². The van der Waals surface area contributed by atoms with Crippen LogP contribution in [0.15, 0.2) is 48.8 Å². The molecular weight excluding hydrogens is 464 g/mol. The van der Waals surface area contributed by atoms with Gasteiger partial charge in [0.15, 0.2) is 0 Å². The quantitative estimate of drug-likeness (QED) is 0.404. The summed E-state index contributed by atoms with van der Waals surface area (Å²) < 4.78 is 7.65. The van der Waals surface area contributed by atoms with Gasteiger partial charge in [0.1, 0.15) is 11.5 Å². The number of nitrogens with zero attached hydrogens (tertiary/aromatic N) is 4. The van der Waals surface area contributed by atoms with E-state index in [2.05, 4.69) is 70.2 Å². The van der Waals surface area contributed by atoms with Crippen LogP contribution in [0.4, 0.5) is 11.5 Å². The molecule has 4 aromatic rings. The fourth-order valence-electron chi connectivity index (χ4n) is 5.50. The van der Waals surface area contributed by atoms with Crippen molar-refractivity contribution < 1.29 is 9.53 Å². The highest BCUT2D eigenvalue weighted by Crippen LogP contribution is 2.36. The summed E-state index contributed by atoms with van der Waals surface area (Å²) in [6.45, 7) is 4.90. The number of aryl methyl sites for hydroxylation is 1. The number of amides is 1. The molecule has 8 nitrogen and oxygen atoms in total. The third-order valence-corrected chi connectivity index (χ3v) is 7.31. The van der Waals surface area contributed by atoms with Gasteiger partial charge >= 0.3 is 0 Å². The molecule has 0 radical (unpaired) electrons. The summed E-state index contributed by atoms with van der Waals surface area (Å²) in [7, 11) is 4.12. The number of rotatable bonds is 6. The van der Waals surface area contributed by atoms with Gasteiger partial charge in [-0.15, -0.1) is 0 Å². The van der Waals surface area contributed by atoms with Crippen molar-refractivity contribution >= 4 is 23.1 Å². The van der Waals surface area contributed by atoms with Crippen molar-refractivity contribution in [1.29, 1.82) is 0 Å². The third-order valence-electron chi connectivity index (χ3n) is 7.31. The molecule has 2 aliphatic heterocycles. The molecule has 1 fully saturated rings. The minimum atomic E-state index is -0.0728. The van der Waals surface area contributed by atoms with Crippen LogP contribution < -0.4 is 10.6 Å². The molecule has 1 saturated heterocycles. The molecule has 37 heavy (non-hydrogen) atoms. The Morgan fingerprint density at radius 2 is 2.00 bits per heavy atom. The number of benzene rings is 1. The Hall–Kier alpha value is -3.75. The van der Waals surface area contributed by atoms with Crippen molar-refractivity contribution in [2.24, 2.45) is 0 Å². The molecule has 1 aromatic carbocycles. The predicted molar refractivity (Wildman–Crippen MR) is 144 cm³/mol. The highest BCUT2D eigenvalue weighted by atomic mass is 16.5. The second-order valence-corrected chi connectivity index (χ2v) is 10.3. The zero-order valence-corrected chi connectivity index (χ0v) is 21.5. The van der Waals surface area contributed by atoms with Crippen molar-refractivity contribution in [2.75, 3.05) is 32.6 Å². The topological polar surface area (TPSA) is 83.8 Å². The first-order valence-electron chi connectivity index (χ1n) is 12.9. The number of carbonyl (C=O) groups is 1. The second kappa shape index (κ2) is 9.61. The van der Waals surface area contributed by atoms with E-state index < -0.39 is 0 Å². The summed E-state index contributed by atoms with van der Waals surface area (Å²) >= 11 is 0. The molecule has 5 heterocycles. The van der Waals surface area contributed by atoms with Crippen molar-refractivity contribution in [3.8, 4) is 11.3 Å². The molecule has 6 rings (SSSR count). The standard InChI is InChI=1S/C29H32N6O2/c1-18-8-11-35-25(16-30-27(35)14-18)21-4-6-23(28-22(21)15-31-29(28)36)32-26-7-5-20(19-9-12-37-13-10-19)24(33-26)17-34(2)3/h4-8,11,14,16,19H,9-10,12-13,15,17H2,1-3H3,(H,31,36)(H,32,33). The first kappa shape index (κ1) is 23.6. The van der Waals surface area contributed by atoms with Gasteiger partial charge in [0.2, 0.25) is 0 Å². The van der Waals surface area contributed by atoms with Gasteiger partial charge in [0.25, 0.3) is 5.91 Å². The number of fused-ring (bicyclic) bond motifs is 2. The van der Waals surface area contributed by atoms with Crippen LogP contribution in [0.5, 0.6) is 0 Å². The van der Waals surface area contributed by atoms with E-state index in [1.165, 1.54) is 5.56 Å². The lowest BCUT2D eigenvalue weighted by Gasteiger charge is -2.25. The zero-order chi connectivity index (χ0) is 25.5. The molecule has 0 saturated carbocycles. The van der Waals surface area contributed by atoms with Gasteiger partial charge < -0.3 is 20.3 Å². The predicted octanol–water partition coefficient (Wildman–Crippen LogP) is 4.65. The minimum absolute atomic E-state index is 0.0728. The summed E-state index contributed by atoms with van der Waals surface area (Å²) in [6.07, 6.45) is 5.95. The Morgan fingerprint density at radius 1 is 1.16 bits per heavy atom. The van der Waals surface area contributed by atoms with Gasteiger partial charge in [-0.25, -0.2) is 9.97 Å². The summed E-state index contributed by atoms with van der Waals surface area (Å²) in [6, 6.07) is 12.4. The van der Waals surface area contributed by atoms with E-state index in [1.807, 2.05) is 24.5 Å². The number of carbonyl (C=O) groups excluding carboxylic acids is 1. The van der Waals surface area contributed by atoms with E-state index in [-0.39, 0.29) is 5.91 Å². The van der Waals surface area contributed by atoms with Crippen LogP contribution in [0.25, 0.3) is 16.9 Å². The van der Waals surface area contributed by atoms with Gasteiger partial charge in [0.05, 0.1) is 28.8 Å². The lowest BCUT2D eigenvalue weighted by Crippen LogP contribution is -2.19. The maximum atomic E-state index is 13.0. The smallest absolute Gasteiger partial charge is 0.254 e. The van der Waals surface area contributed by atoms with Crippen LogP contribution in [0, 0.1) is 6.92 Å². The van der Waals surface area contributed by atoms with E-state index in [1.54, 1.807) is 0 Å². The first-order chi connectivity index (χ1) is 18.0. The number of aromatic nitrogens is 3. The van der Waals surface area contributed by atoms with Crippen LogP contribution >= 0.6 is 0 Å². The first-order valence-corrected chi connectivity index (χ1v) is 12.9. The van der Waals surface area contributed by atoms with E-state index >= 15 is 0 Å². The molecule has 1 amide bonds. The maximum absolute atomic E-state index is 13.0. The summed E-state index contributed by atoms with van der Waals surface area (Å²) in [5.74, 6) is 1.14. The minimum Gasteiger partial charge on any atom is -0.381 e. The number of nitrogens with one attached hydrogen (secondary N) is 2. The van der Waals surface area contributed by atoms with Crippen molar-refractivity contribution in [3.05, 3.63) is 76.7 Å². The van der Waals surface area contributed by atoms with Crippen LogP contribution in [0.1, 0.15) is 51.5 Å². The third kappa shape index (κ3) is 4.47. The van der Waals surface area contributed by atoms with Crippen molar-refractivity contribution in [1.82, 2.24) is 24.6 Å². The summed E-state index contributed by atoms with van der Waals surface area (Å²) in [4.78, 5) is 24.7. The summed E-state index contributed by atoms with van der Waals surface area (Å²) in [5, 5.41) is 6.47. The molecular formula is C29H32N6O2. The van der Waals surface area contributed by atoms with Gasteiger partial charge in [-0.3, -0.25) is 9.20 Å². The summed E-state index contributed by atoms with van der Waals surface area (Å²) in [5.41, 5.74) is 8.81. The van der Waals surface area contributed by atoms with E-state index in [4.69, 9.17) is 9.72 Å². The Morgan fingerprint density at radius 3 is 2.81 bits per heavy atom. The number of ether oxygens (including phenoxy) is 1. The fraction of sp³-hybridized carbons (Fsp3) is 0.345. The van der Waals surface area contributed by atoms with Crippen LogP contribution in [-0.2, 0) is 17.8 Å². The lowest BCUT2D eigenvalue weighted by atomic mass is 9.90. The fourth-order valence-corrected chi connectivity index (χ4v) is 5.50. The Labute approximate surface area is 216 Å². The molecule has 0 aliphatic carbocycles. The number of pyridine rings is 2. The molecule has 3 aromatic heterocycles. The molecule has 0 unspecified atom stereocenters. The number of hydrogen-bond acceptors (Lipinski definition) is 6. The SMILES string of the molecule is Cc1ccn2c(-c3ccc(Nc4ccc(C5CCOCC5)c(CN(C)C)n4)c4c3CNC4=O)cnc2c1. The van der Waals surface area contributed by atoms with E-state index in [0.717, 1.165) is 77.8 Å². The highest BCUT2D eigenvalue weighted by molar-refractivity contribution is 6.06. The lowest BCUT2D eigenvalue weighted by molar-refractivity contribution is 0.0849. The van der Waals surface area contributed by atoms with Crippen LogP contribution in [0.3, 0.4) is 0 Å². The molecule has 190 valence electrons. The van der Waals surface area contributed by atoms with Crippen LogP contribution in [-0.4, -0.2) is 52.5 Å². The molecule has 0 bridgehead atoms. The number of anilines is 2. The van der Waals surface area contributed by atoms with Crippen LogP contribution in [0.2, 0.25) is 0 Å². The van der Waals surface area contributed by atoms with Gasteiger partial charge in [-0.05, 0) is 80.7 Å². The average Bonchev–Trinajstić information content (AvgIpc) is 3.48. The Kier molecular flexibility index (Phi) is 6.14. The van der Waals surface area contributed by atoms with Gasteiger partial charge in [0, 0.05) is 38.1 Å². The highest BCUT2D eigenvalue weighted by Gasteiger charge is 2.28. The van der Waals surface area contributed by atoms with Crippen molar-refractivity contribution in [3.63, 3.8) is 0 Å². The van der Waals surface area contributed by atoms with Gasteiger partial charge in [-0.2, -0.15) is 0 Å². The molecule has 8 heteroatoms. The zero-order valence-electron chi connectivity index (χ0n) is 21.5. The molecule has 2 aliphatic rings. The van der Waals surface area contributed by atoms with Crippen molar-refractivity contribution in [2.45, 2.75) is 38.8 Å².